The van der Waals surface area contributed by atoms with Crippen molar-refractivity contribution in [3.8, 4) is 0 Å². The summed E-state index contributed by atoms with van der Waals surface area (Å²) in [6, 6.07) is 5.95. The van der Waals surface area contributed by atoms with Crippen molar-refractivity contribution in [2.45, 2.75) is 26.0 Å². The number of halogens is 1. The zero-order valence-electron chi connectivity index (χ0n) is 11.1. The molecule has 2 N–H and O–H groups in total. The Bertz CT molecular complexity index is 465. The zero-order valence-corrected chi connectivity index (χ0v) is 11.8. The van der Waals surface area contributed by atoms with Crippen molar-refractivity contribution in [3.63, 3.8) is 0 Å². The number of ether oxygens (including phenoxy) is 1. The Kier molecular flexibility index (Phi) is 4.80. The fourth-order valence-corrected chi connectivity index (χ4v) is 2.53. The van der Waals surface area contributed by atoms with Crippen molar-refractivity contribution in [1.29, 1.82) is 0 Å². The lowest BCUT2D eigenvalue weighted by molar-refractivity contribution is -0.123. The van der Waals surface area contributed by atoms with E-state index in [9.17, 15) is 4.79 Å². The second kappa shape index (κ2) is 6.37. The van der Waals surface area contributed by atoms with Crippen LogP contribution in [-0.2, 0) is 16.1 Å². The van der Waals surface area contributed by atoms with Gasteiger partial charge < -0.3 is 10.5 Å². The molecule has 0 radical (unpaired) electrons. The molecule has 1 heterocycles. The number of rotatable bonds is 4. The minimum absolute atomic E-state index is 0.0919. The molecular weight excluding hydrogens is 264 g/mol. The first-order chi connectivity index (χ1) is 9.06. The van der Waals surface area contributed by atoms with Gasteiger partial charge in [0, 0.05) is 24.7 Å². The van der Waals surface area contributed by atoms with Crippen molar-refractivity contribution in [3.05, 3.63) is 34.3 Å². The highest BCUT2D eigenvalue weighted by Crippen LogP contribution is 2.21. The van der Waals surface area contributed by atoms with E-state index in [1.165, 1.54) is 5.56 Å². The molecule has 1 atom stereocenters. The number of hydrogen-bond donors (Lipinski definition) is 1. The zero-order chi connectivity index (χ0) is 13.8. The summed E-state index contributed by atoms with van der Waals surface area (Å²) in [5, 5.41) is 0.791. The quantitative estimate of drug-likeness (QED) is 0.915. The van der Waals surface area contributed by atoms with Crippen LogP contribution in [0.5, 0.6) is 0 Å². The molecule has 0 aromatic heterocycles. The van der Waals surface area contributed by atoms with E-state index in [1.54, 1.807) is 0 Å². The van der Waals surface area contributed by atoms with Gasteiger partial charge in [-0.25, -0.2) is 0 Å². The lowest BCUT2D eigenvalue weighted by atomic mass is 10.1. The molecule has 1 unspecified atom stereocenters. The number of carbonyl (C=O) groups is 1. The summed E-state index contributed by atoms with van der Waals surface area (Å²) < 4.78 is 5.54. The molecule has 104 valence electrons. The third-order valence-electron chi connectivity index (χ3n) is 3.43. The predicted molar refractivity (Wildman–Crippen MR) is 75.0 cm³/mol. The monoisotopic (exact) mass is 282 g/mol. The Hall–Kier alpha value is -1.10. The van der Waals surface area contributed by atoms with Gasteiger partial charge >= 0.3 is 0 Å². The summed E-state index contributed by atoms with van der Waals surface area (Å²) in [7, 11) is 0. The van der Waals surface area contributed by atoms with Crippen molar-refractivity contribution >= 4 is 17.5 Å². The minimum atomic E-state index is -0.314. The van der Waals surface area contributed by atoms with Crippen LogP contribution in [0, 0.1) is 6.92 Å². The average molecular weight is 283 g/mol. The molecule has 0 aliphatic carbocycles. The summed E-state index contributed by atoms with van der Waals surface area (Å²) >= 11 is 6.12. The molecule has 0 spiro atoms. The summed E-state index contributed by atoms with van der Waals surface area (Å²) in [6.07, 6.45) is 0.191. The summed E-state index contributed by atoms with van der Waals surface area (Å²) in [5.74, 6) is -0.314. The first-order valence-corrected chi connectivity index (χ1v) is 6.80. The molecule has 19 heavy (non-hydrogen) atoms. The highest BCUT2D eigenvalue weighted by atomic mass is 35.5. The van der Waals surface area contributed by atoms with Crippen LogP contribution < -0.4 is 5.73 Å². The molecule has 5 heteroatoms. The van der Waals surface area contributed by atoms with Crippen molar-refractivity contribution in [2.24, 2.45) is 5.73 Å². The molecule has 0 bridgehead atoms. The van der Waals surface area contributed by atoms with Gasteiger partial charge in [-0.15, -0.1) is 0 Å². The lowest BCUT2D eigenvalue weighted by Gasteiger charge is -2.32. The van der Waals surface area contributed by atoms with E-state index in [2.05, 4.69) is 11.0 Å². The molecule has 0 saturated carbocycles. The van der Waals surface area contributed by atoms with Gasteiger partial charge in [0.15, 0.2) is 0 Å². The number of carbonyl (C=O) groups excluding carboxylic acids is 1. The molecule has 1 aromatic rings. The number of benzene rings is 1. The van der Waals surface area contributed by atoms with Gasteiger partial charge in [0.2, 0.25) is 5.91 Å². The van der Waals surface area contributed by atoms with Gasteiger partial charge in [-0.1, -0.05) is 23.7 Å². The Morgan fingerprint density at radius 2 is 2.37 bits per heavy atom. The third-order valence-corrected chi connectivity index (χ3v) is 3.84. The van der Waals surface area contributed by atoms with Gasteiger partial charge in [0.1, 0.15) is 0 Å². The Balaban J connectivity index is 1.98. The molecule has 1 amide bonds. The lowest BCUT2D eigenvalue weighted by Crippen LogP contribution is -2.43. The van der Waals surface area contributed by atoms with E-state index in [1.807, 2.05) is 19.1 Å². The maximum atomic E-state index is 10.9. The highest BCUT2D eigenvalue weighted by molar-refractivity contribution is 6.31. The van der Waals surface area contributed by atoms with Crippen LogP contribution in [-0.4, -0.2) is 36.6 Å². The van der Waals surface area contributed by atoms with Crippen molar-refractivity contribution in [1.82, 2.24) is 4.90 Å². The molecule has 1 aromatic carbocycles. The smallest absolute Gasteiger partial charge is 0.220 e. The van der Waals surface area contributed by atoms with E-state index >= 15 is 0 Å². The fourth-order valence-electron chi connectivity index (χ4n) is 2.34. The number of amides is 1. The summed E-state index contributed by atoms with van der Waals surface area (Å²) in [5.41, 5.74) is 7.54. The third kappa shape index (κ3) is 3.93. The van der Waals surface area contributed by atoms with Crippen LogP contribution in [0.1, 0.15) is 17.5 Å². The topological polar surface area (TPSA) is 55.6 Å². The highest BCUT2D eigenvalue weighted by Gasteiger charge is 2.22. The molecule has 1 aliphatic heterocycles. The van der Waals surface area contributed by atoms with Crippen LogP contribution in [0.15, 0.2) is 18.2 Å². The molecule has 1 fully saturated rings. The van der Waals surface area contributed by atoms with Crippen LogP contribution in [0.2, 0.25) is 5.02 Å². The average Bonchev–Trinajstić information content (AvgIpc) is 2.35. The van der Waals surface area contributed by atoms with Crippen LogP contribution >= 0.6 is 11.6 Å². The summed E-state index contributed by atoms with van der Waals surface area (Å²) in [4.78, 5) is 13.2. The molecule has 4 nitrogen and oxygen atoms in total. The molecule has 1 saturated heterocycles. The Labute approximate surface area is 118 Å². The minimum Gasteiger partial charge on any atom is -0.375 e. The second-order valence-electron chi connectivity index (χ2n) is 4.92. The van der Waals surface area contributed by atoms with E-state index < -0.39 is 0 Å². The number of hydrogen-bond acceptors (Lipinski definition) is 3. The van der Waals surface area contributed by atoms with Crippen LogP contribution in [0.25, 0.3) is 0 Å². The first-order valence-electron chi connectivity index (χ1n) is 6.42. The predicted octanol–water partition coefficient (Wildman–Crippen LogP) is 1.72. The number of nitrogens with two attached hydrogens (primary N) is 1. The number of primary amides is 1. The first kappa shape index (κ1) is 14.3. The fraction of sp³-hybridized carbons (Fsp3) is 0.500. The van der Waals surface area contributed by atoms with Gasteiger partial charge in [-0.2, -0.15) is 0 Å². The van der Waals surface area contributed by atoms with Crippen LogP contribution in [0.4, 0.5) is 0 Å². The van der Waals surface area contributed by atoms with Crippen molar-refractivity contribution < 1.29 is 9.53 Å². The Morgan fingerprint density at radius 3 is 3.11 bits per heavy atom. The molecule has 2 rings (SSSR count). The number of nitrogens with zero attached hydrogens (tertiary/aromatic N) is 1. The maximum Gasteiger partial charge on any atom is 0.220 e. The van der Waals surface area contributed by atoms with E-state index in [4.69, 9.17) is 22.1 Å². The maximum absolute atomic E-state index is 10.9. The Morgan fingerprint density at radius 1 is 1.58 bits per heavy atom. The van der Waals surface area contributed by atoms with Gasteiger partial charge in [0.05, 0.1) is 19.1 Å². The molecular formula is C14H19ClN2O2. The SMILES string of the molecule is Cc1c(Cl)cccc1CN1CCOC(CC(N)=O)C1. The molecule has 1 aliphatic rings. The van der Waals surface area contributed by atoms with E-state index in [0.717, 1.165) is 30.2 Å². The normalized spacial score (nSPS) is 20.4. The van der Waals surface area contributed by atoms with E-state index in [0.29, 0.717) is 6.61 Å². The number of morpholine rings is 1. The van der Waals surface area contributed by atoms with Crippen LogP contribution in [0.3, 0.4) is 0 Å². The largest absolute Gasteiger partial charge is 0.375 e. The van der Waals surface area contributed by atoms with Gasteiger partial charge in [-0.05, 0) is 24.1 Å². The second-order valence-corrected chi connectivity index (χ2v) is 5.33. The van der Waals surface area contributed by atoms with Gasteiger partial charge in [-0.3, -0.25) is 9.69 Å². The van der Waals surface area contributed by atoms with Gasteiger partial charge in [0.25, 0.3) is 0 Å². The van der Waals surface area contributed by atoms with Crippen molar-refractivity contribution in [2.75, 3.05) is 19.7 Å². The summed E-state index contributed by atoms with van der Waals surface area (Å²) in [6.45, 7) is 5.08. The standard InChI is InChI=1S/C14H19ClN2O2/c1-10-11(3-2-4-13(10)15)8-17-5-6-19-12(9-17)7-14(16)18/h2-4,12H,5-9H2,1H3,(H2,16,18). The van der Waals surface area contributed by atoms with E-state index in [-0.39, 0.29) is 18.4 Å².